The van der Waals surface area contributed by atoms with E-state index in [1.54, 1.807) is 24.3 Å². The number of nitrogens with two attached hydrogens (primary N) is 1. The van der Waals surface area contributed by atoms with Gasteiger partial charge in [0.25, 0.3) is 6.47 Å². The number of carbonyl (C=O) groups is 5. The van der Waals surface area contributed by atoms with Gasteiger partial charge in [0.15, 0.2) is 0 Å². The molecule has 0 saturated carbocycles. The predicted molar refractivity (Wildman–Crippen MR) is 98.7 cm³/mol. The maximum Gasteiger partial charge on any atom is 0.312 e. The van der Waals surface area contributed by atoms with Crippen molar-refractivity contribution in [3.8, 4) is 0 Å². The molecule has 6 N–H and O–H groups in total. The first kappa shape index (κ1) is 22.4. The summed E-state index contributed by atoms with van der Waals surface area (Å²) in [7, 11) is 0. The van der Waals surface area contributed by atoms with Crippen molar-refractivity contribution in [2.45, 2.75) is 25.5 Å². The fraction of sp³-hybridized carbons (Fsp3) is 0.353. The molecule has 1 aromatic carbocycles. The van der Waals surface area contributed by atoms with Crippen LogP contribution < -0.4 is 27.0 Å². The molecule has 0 aromatic heterocycles. The average molecular weight is 393 g/mol. The van der Waals surface area contributed by atoms with Gasteiger partial charge in [-0.3, -0.25) is 19.2 Å². The van der Waals surface area contributed by atoms with E-state index < -0.39 is 23.9 Å². The Balaban J connectivity index is 2.67. The third-order valence-corrected chi connectivity index (χ3v) is 3.51. The number of carbonyl (C=O) groups excluding carboxylic acids is 5. The van der Waals surface area contributed by atoms with E-state index in [0.29, 0.717) is 25.0 Å². The molecule has 0 fully saturated rings. The molecule has 0 aliphatic carbocycles. The van der Waals surface area contributed by atoms with Crippen molar-refractivity contribution in [2.75, 3.05) is 18.4 Å². The maximum absolute atomic E-state index is 12.5. The van der Waals surface area contributed by atoms with Crippen molar-refractivity contribution < 1.29 is 28.7 Å². The van der Waals surface area contributed by atoms with Crippen molar-refractivity contribution in [3.05, 3.63) is 29.8 Å². The molecule has 1 atom stereocenters. The van der Waals surface area contributed by atoms with Crippen LogP contribution in [0.3, 0.4) is 0 Å². The second-order valence-electron chi connectivity index (χ2n) is 5.65. The van der Waals surface area contributed by atoms with E-state index >= 15 is 0 Å². The van der Waals surface area contributed by atoms with E-state index in [9.17, 15) is 24.0 Å². The van der Waals surface area contributed by atoms with E-state index in [0.717, 1.165) is 5.56 Å². The molecule has 11 nitrogen and oxygen atoms in total. The number of urea groups is 1. The lowest BCUT2D eigenvalue weighted by Crippen LogP contribution is -2.47. The van der Waals surface area contributed by atoms with Crippen molar-refractivity contribution in [3.63, 3.8) is 0 Å². The fourth-order valence-electron chi connectivity index (χ4n) is 2.21. The highest BCUT2D eigenvalue weighted by molar-refractivity contribution is 5.97. The van der Waals surface area contributed by atoms with E-state index in [4.69, 9.17) is 5.73 Å². The Morgan fingerprint density at radius 1 is 1.14 bits per heavy atom. The number of hydrogen-bond donors (Lipinski definition) is 5. The summed E-state index contributed by atoms with van der Waals surface area (Å²) in [6.45, 7) is 0.438. The minimum atomic E-state index is -0.881. The lowest BCUT2D eigenvalue weighted by Gasteiger charge is -2.18. The number of nitrogens with one attached hydrogen (secondary N) is 4. The number of primary amides is 1. The van der Waals surface area contributed by atoms with Gasteiger partial charge in [0, 0.05) is 12.2 Å². The number of anilines is 1. The summed E-state index contributed by atoms with van der Waals surface area (Å²) in [6.07, 6.45) is 1.01. The molecule has 0 radical (unpaired) electrons. The zero-order chi connectivity index (χ0) is 20.8. The zero-order valence-corrected chi connectivity index (χ0v) is 15.1. The summed E-state index contributed by atoms with van der Waals surface area (Å²) in [5.74, 6) is -0.994. The first-order valence-electron chi connectivity index (χ1n) is 8.41. The number of amides is 5. The van der Waals surface area contributed by atoms with Gasteiger partial charge in [-0.15, -0.1) is 0 Å². The van der Waals surface area contributed by atoms with Crippen LogP contribution in [0.5, 0.6) is 0 Å². The second kappa shape index (κ2) is 12.7. The number of rotatable bonds is 13. The Bertz CT molecular complexity index is 679. The molecule has 0 saturated heterocycles. The topological polar surface area (TPSA) is 169 Å². The first-order valence-corrected chi connectivity index (χ1v) is 8.41. The van der Waals surface area contributed by atoms with Crippen molar-refractivity contribution in [1.29, 1.82) is 0 Å². The molecule has 11 heteroatoms. The Morgan fingerprint density at radius 2 is 1.86 bits per heavy atom. The van der Waals surface area contributed by atoms with Gasteiger partial charge >= 0.3 is 6.03 Å². The standard InChI is InChI=1S/C17H23N5O6/c18-17(27)20-7-1-2-14(22-15(25)8-19-10-23)16(26)21-13-5-3-12(4-6-13)9-28-11-24/h3-6,10-11,14H,1-2,7-9H2,(H,19,23)(H,21,26)(H,22,25)(H3,18,20,27). The van der Waals surface area contributed by atoms with Gasteiger partial charge in [0.1, 0.15) is 12.6 Å². The van der Waals surface area contributed by atoms with Gasteiger partial charge < -0.3 is 31.7 Å². The second-order valence-corrected chi connectivity index (χ2v) is 5.65. The van der Waals surface area contributed by atoms with Crippen molar-refractivity contribution >= 4 is 36.4 Å². The molecule has 0 aliphatic heterocycles. The molecule has 5 amide bonds. The molecule has 152 valence electrons. The fourth-order valence-corrected chi connectivity index (χ4v) is 2.21. The number of hydrogen-bond acceptors (Lipinski definition) is 6. The lowest BCUT2D eigenvalue weighted by atomic mass is 10.1. The van der Waals surface area contributed by atoms with Gasteiger partial charge in [-0.05, 0) is 30.5 Å². The Hall–Kier alpha value is -3.63. The highest BCUT2D eigenvalue weighted by atomic mass is 16.5. The van der Waals surface area contributed by atoms with E-state index in [2.05, 4.69) is 26.0 Å². The number of ether oxygens (including phenoxy) is 1. The average Bonchev–Trinajstić information content (AvgIpc) is 2.67. The largest absolute Gasteiger partial charge is 0.463 e. The summed E-state index contributed by atoms with van der Waals surface area (Å²) < 4.78 is 4.64. The Morgan fingerprint density at radius 3 is 2.46 bits per heavy atom. The molecule has 1 rings (SSSR count). The Kier molecular flexibility index (Phi) is 10.1. The predicted octanol–water partition coefficient (Wildman–Crippen LogP) is -1.02. The highest BCUT2D eigenvalue weighted by Crippen LogP contribution is 2.11. The van der Waals surface area contributed by atoms with Gasteiger partial charge in [-0.1, -0.05) is 12.1 Å². The maximum atomic E-state index is 12.5. The van der Waals surface area contributed by atoms with Gasteiger partial charge in [0.05, 0.1) is 6.54 Å². The van der Waals surface area contributed by atoms with Crippen LogP contribution in [0.2, 0.25) is 0 Å². The molecular weight excluding hydrogens is 370 g/mol. The smallest absolute Gasteiger partial charge is 0.312 e. The van der Waals surface area contributed by atoms with Crippen LogP contribution in [0, 0.1) is 0 Å². The minimum absolute atomic E-state index is 0.118. The van der Waals surface area contributed by atoms with Crippen LogP contribution in [-0.4, -0.2) is 49.9 Å². The molecule has 0 aliphatic rings. The summed E-state index contributed by atoms with van der Waals surface area (Å²) in [6, 6.07) is 5.05. The lowest BCUT2D eigenvalue weighted by molar-refractivity contribution is -0.129. The van der Waals surface area contributed by atoms with Crippen molar-refractivity contribution in [1.82, 2.24) is 16.0 Å². The van der Waals surface area contributed by atoms with Gasteiger partial charge in [-0.25, -0.2) is 4.79 Å². The van der Waals surface area contributed by atoms with Crippen LogP contribution in [0.25, 0.3) is 0 Å². The SMILES string of the molecule is NC(=O)NCCCC(NC(=O)CNC=O)C(=O)Nc1ccc(COC=O)cc1. The molecular formula is C17H23N5O6. The highest BCUT2D eigenvalue weighted by Gasteiger charge is 2.20. The third-order valence-electron chi connectivity index (χ3n) is 3.51. The van der Waals surface area contributed by atoms with Gasteiger partial charge in [0.2, 0.25) is 18.2 Å². The zero-order valence-electron chi connectivity index (χ0n) is 15.1. The summed E-state index contributed by atoms with van der Waals surface area (Å²) >= 11 is 0. The number of benzene rings is 1. The van der Waals surface area contributed by atoms with Crippen molar-refractivity contribution in [2.24, 2.45) is 5.73 Å². The van der Waals surface area contributed by atoms with Crippen LogP contribution in [0.1, 0.15) is 18.4 Å². The van der Waals surface area contributed by atoms with Crippen LogP contribution in [0.15, 0.2) is 24.3 Å². The summed E-state index contributed by atoms with van der Waals surface area (Å²) in [5, 5.41) is 9.81. The van der Waals surface area contributed by atoms with Crippen LogP contribution >= 0.6 is 0 Å². The third kappa shape index (κ3) is 9.17. The molecule has 0 bridgehead atoms. The summed E-state index contributed by atoms with van der Waals surface area (Å²) in [4.78, 5) is 55.5. The van der Waals surface area contributed by atoms with E-state index in [1.165, 1.54) is 0 Å². The first-order chi connectivity index (χ1) is 13.5. The molecule has 1 aromatic rings. The van der Waals surface area contributed by atoms with Gasteiger partial charge in [-0.2, -0.15) is 0 Å². The quantitative estimate of drug-likeness (QED) is 0.212. The summed E-state index contributed by atoms with van der Waals surface area (Å²) in [5.41, 5.74) is 6.21. The molecule has 1 unspecified atom stereocenters. The van der Waals surface area contributed by atoms with E-state index in [1.807, 2.05) is 0 Å². The van der Waals surface area contributed by atoms with Crippen LogP contribution in [0.4, 0.5) is 10.5 Å². The molecule has 0 spiro atoms. The minimum Gasteiger partial charge on any atom is -0.463 e. The molecule has 28 heavy (non-hydrogen) atoms. The Labute approximate surface area is 161 Å². The molecule has 0 heterocycles. The van der Waals surface area contributed by atoms with E-state index in [-0.39, 0.29) is 26.1 Å². The van der Waals surface area contributed by atoms with Crippen LogP contribution in [-0.2, 0) is 30.5 Å². The monoisotopic (exact) mass is 393 g/mol. The normalized spacial score (nSPS) is 10.9.